The van der Waals surface area contributed by atoms with Gasteiger partial charge in [0.2, 0.25) is 0 Å². The molecule has 0 unspecified atom stereocenters. The van der Waals surface area contributed by atoms with Gasteiger partial charge in [-0.3, -0.25) is 0 Å². The minimum absolute atomic E-state index is 0.0732. The highest BCUT2D eigenvalue weighted by Crippen LogP contribution is 2.59. The summed E-state index contributed by atoms with van der Waals surface area (Å²) in [5.74, 6) is 0.673. The number of hydrogen-bond acceptors (Lipinski definition) is 2. The van der Waals surface area contributed by atoms with Crippen LogP contribution in [0.15, 0.2) is 11.1 Å². The van der Waals surface area contributed by atoms with Crippen molar-refractivity contribution >= 4 is 0 Å². The first-order valence-electron chi connectivity index (χ1n) is 6.95. The second-order valence-electron chi connectivity index (χ2n) is 6.84. The largest absolute Gasteiger partial charge is 0.387 e. The lowest BCUT2D eigenvalue weighted by Crippen LogP contribution is -2.38. The molecule has 1 aliphatic heterocycles. The summed E-state index contributed by atoms with van der Waals surface area (Å²) >= 11 is 0. The van der Waals surface area contributed by atoms with E-state index in [1.807, 2.05) is 6.92 Å². The average Bonchev–Trinajstić information content (AvgIpc) is 2.79. The molecule has 1 spiro atoms. The van der Waals surface area contributed by atoms with E-state index < -0.39 is 5.60 Å². The molecular weight excluding hydrogens is 212 g/mol. The molecular formula is C15H24O2. The van der Waals surface area contributed by atoms with Crippen LogP contribution < -0.4 is 0 Å². The van der Waals surface area contributed by atoms with E-state index in [2.05, 4.69) is 13.8 Å². The van der Waals surface area contributed by atoms with E-state index in [1.165, 1.54) is 18.4 Å². The molecule has 2 aliphatic carbocycles. The van der Waals surface area contributed by atoms with Gasteiger partial charge in [-0.15, -0.1) is 0 Å². The van der Waals surface area contributed by atoms with Crippen molar-refractivity contribution in [1.29, 1.82) is 0 Å². The average molecular weight is 236 g/mol. The summed E-state index contributed by atoms with van der Waals surface area (Å²) in [7, 11) is 0. The van der Waals surface area contributed by atoms with Crippen LogP contribution in [0.3, 0.4) is 0 Å². The maximum atomic E-state index is 10.5. The van der Waals surface area contributed by atoms with Crippen LogP contribution in [0.2, 0.25) is 0 Å². The van der Waals surface area contributed by atoms with Gasteiger partial charge in [0.15, 0.2) is 0 Å². The lowest BCUT2D eigenvalue weighted by atomic mass is 9.74. The Morgan fingerprint density at radius 3 is 2.82 bits per heavy atom. The molecule has 1 saturated heterocycles. The molecule has 96 valence electrons. The van der Waals surface area contributed by atoms with Crippen LogP contribution in [0.25, 0.3) is 0 Å². The zero-order chi connectivity index (χ0) is 12.3. The van der Waals surface area contributed by atoms with Crippen molar-refractivity contribution in [2.75, 3.05) is 6.61 Å². The number of fused-ring (bicyclic) bond motifs is 1. The summed E-state index contributed by atoms with van der Waals surface area (Å²) in [6.45, 7) is 7.31. The van der Waals surface area contributed by atoms with Crippen molar-refractivity contribution in [3.05, 3.63) is 11.1 Å². The molecule has 4 atom stereocenters. The van der Waals surface area contributed by atoms with E-state index in [4.69, 9.17) is 4.74 Å². The van der Waals surface area contributed by atoms with Gasteiger partial charge in [0, 0.05) is 5.41 Å². The molecule has 3 fully saturated rings. The smallest absolute Gasteiger partial charge is 0.0880 e. The molecule has 3 aliphatic rings. The molecule has 2 bridgehead atoms. The maximum Gasteiger partial charge on any atom is 0.0880 e. The van der Waals surface area contributed by atoms with Crippen LogP contribution in [-0.4, -0.2) is 23.4 Å². The second-order valence-corrected chi connectivity index (χ2v) is 6.84. The minimum Gasteiger partial charge on any atom is -0.387 e. The van der Waals surface area contributed by atoms with Crippen molar-refractivity contribution in [3.63, 3.8) is 0 Å². The van der Waals surface area contributed by atoms with E-state index in [-0.39, 0.29) is 6.10 Å². The molecule has 0 aromatic heterocycles. The fourth-order valence-electron chi connectivity index (χ4n) is 4.35. The van der Waals surface area contributed by atoms with Crippen molar-refractivity contribution in [2.24, 2.45) is 11.3 Å². The predicted octanol–water partition coefficient (Wildman–Crippen LogP) is 3.05. The Balaban J connectivity index is 1.98. The van der Waals surface area contributed by atoms with Gasteiger partial charge in [-0.1, -0.05) is 11.1 Å². The Morgan fingerprint density at radius 1 is 1.35 bits per heavy atom. The van der Waals surface area contributed by atoms with Crippen molar-refractivity contribution < 1.29 is 9.84 Å². The summed E-state index contributed by atoms with van der Waals surface area (Å²) in [5, 5.41) is 10.5. The molecule has 1 N–H and O–H groups in total. The van der Waals surface area contributed by atoms with Gasteiger partial charge in [0.25, 0.3) is 0 Å². The topological polar surface area (TPSA) is 29.5 Å². The van der Waals surface area contributed by atoms with Crippen molar-refractivity contribution in [2.45, 2.75) is 64.6 Å². The fourth-order valence-corrected chi connectivity index (χ4v) is 4.35. The minimum atomic E-state index is -0.611. The molecule has 2 saturated carbocycles. The third-order valence-corrected chi connectivity index (χ3v) is 5.49. The van der Waals surface area contributed by atoms with Crippen LogP contribution in [0.5, 0.6) is 0 Å². The van der Waals surface area contributed by atoms with Gasteiger partial charge < -0.3 is 9.84 Å². The van der Waals surface area contributed by atoms with E-state index in [0.29, 0.717) is 11.3 Å². The Hall–Kier alpha value is -0.340. The molecule has 1 heterocycles. The number of hydrogen-bond donors (Lipinski definition) is 1. The third kappa shape index (κ3) is 1.61. The van der Waals surface area contributed by atoms with Crippen LogP contribution in [0.1, 0.15) is 52.9 Å². The third-order valence-electron chi connectivity index (χ3n) is 5.49. The molecule has 0 aromatic carbocycles. The fraction of sp³-hybridized carbons (Fsp3) is 0.867. The summed E-state index contributed by atoms with van der Waals surface area (Å²) in [6, 6.07) is 0. The standard InChI is InChI=1S/C15H24O2/c1-10(2)11-4-7-15-8-13(17-9-15)14(3,16)6-5-12(11)15/h12-13,16H,4-9H2,1-3H3/t12-,13+,14+,15+/m0/s1. The summed E-state index contributed by atoms with van der Waals surface area (Å²) < 4.78 is 5.93. The first-order chi connectivity index (χ1) is 7.95. The van der Waals surface area contributed by atoms with Crippen molar-refractivity contribution in [1.82, 2.24) is 0 Å². The number of rotatable bonds is 0. The summed E-state index contributed by atoms with van der Waals surface area (Å²) in [5.41, 5.74) is 2.90. The van der Waals surface area contributed by atoms with Crippen LogP contribution in [0.4, 0.5) is 0 Å². The number of aliphatic hydroxyl groups is 1. The lowest BCUT2D eigenvalue weighted by molar-refractivity contribution is -0.0837. The highest BCUT2D eigenvalue weighted by atomic mass is 16.5. The van der Waals surface area contributed by atoms with Gasteiger partial charge >= 0.3 is 0 Å². The zero-order valence-electron chi connectivity index (χ0n) is 11.3. The highest BCUT2D eigenvalue weighted by molar-refractivity contribution is 5.25. The molecule has 2 nitrogen and oxygen atoms in total. The quantitative estimate of drug-likeness (QED) is 0.655. The Morgan fingerprint density at radius 2 is 2.12 bits per heavy atom. The second kappa shape index (κ2) is 3.58. The Kier molecular flexibility index (Phi) is 2.47. The lowest BCUT2D eigenvalue weighted by Gasteiger charge is -2.31. The maximum absolute atomic E-state index is 10.5. The van der Waals surface area contributed by atoms with E-state index in [9.17, 15) is 5.11 Å². The van der Waals surface area contributed by atoms with Gasteiger partial charge in [-0.2, -0.15) is 0 Å². The number of allylic oxidation sites excluding steroid dienone is 2. The Bertz CT molecular complexity index is 365. The molecule has 0 aromatic rings. The zero-order valence-corrected chi connectivity index (χ0v) is 11.3. The van der Waals surface area contributed by atoms with E-state index in [1.54, 1.807) is 5.57 Å². The van der Waals surface area contributed by atoms with Gasteiger partial charge in [-0.05, 0) is 58.8 Å². The molecule has 2 heteroatoms. The van der Waals surface area contributed by atoms with Gasteiger partial charge in [-0.25, -0.2) is 0 Å². The van der Waals surface area contributed by atoms with Gasteiger partial charge in [0.1, 0.15) is 0 Å². The van der Waals surface area contributed by atoms with E-state index >= 15 is 0 Å². The van der Waals surface area contributed by atoms with E-state index in [0.717, 1.165) is 25.9 Å². The SMILES string of the molecule is CC(C)=C1CC[C@]23CO[C@H](C2)[C@](C)(O)CC[C@@H]13. The normalized spacial score (nSPS) is 49.1. The molecule has 0 radical (unpaired) electrons. The monoisotopic (exact) mass is 236 g/mol. The molecule has 17 heavy (non-hydrogen) atoms. The molecule has 3 rings (SSSR count). The van der Waals surface area contributed by atoms with Crippen molar-refractivity contribution in [3.8, 4) is 0 Å². The highest BCUT2D eigenvalue weighted by Gasteiger charge is 2.56. The van der Waals surface area contributed by atoms with Gasteiger partial charge in [0.05, 0.1) is 18.3 Å². The van der Waals surface area contributed by atoms with Crippen LogP contribution in [-0.2, 0) is 4.74 Å². The summed E-state index contributed by atoms with van der Waals surface area (Å²) in [6.07, 6.45) is 5.70. The Labute approximate surface area is 104 Å². The van der Waals surface area contributed by atoms with Crippen LogP contribution in [0, 0.1) is 11.3 Å². The van der Waals surface area contributed by atoms with Crippen LogP contribution >= 0.6 is 0 Å². The molecule has 0 amide bonds. The first kappa shape index (κ1) is 11.7. The first-order valence-corrected chi connectivity index (χ1v) is 6.95. The summed E-state index contributed by atoms with van der Waals surface area (Å²) in [4.78, 5) is 0. The number of ether oxygens (including phenoxy) is 1. The predicted molar refractivity (Wildman–Crippen MR) is 67.7 cm³/mol.